The van der Waals surface area contributed by atoms with Gasteiger partial charge in [-0.05, 0) is 75.5 Å². The van der Waals surface area contributed by atoms with Crippen LogP contribution in [0.4, 0.5) is 0 Å². The predicted octanol–water partition coefficient (Wildman–Crippen LogP) is 11.4. The first-order valence-corrected chi connectivity index (χ1v) is 16.3. The van der Waals surface area contributed by atoms with Gasteiger partial charge in [0.25, 0.3) is 0 Å². The Labute approximate surface area is 282 Å². The van der Waals surface area contributed by atoms with Crippen LogP contribution in [0.2, 0.25) is 5.02 Å². The number of para-hydroxylation sites is 1. The number of nitrogens with zero attached hydrogens (tertiary/aromatic N) is 4. The molecule has 0 aliphatic carbocycles. The molecule has 48 heavy (non-hydrogen) atoms. The average molecular weight is 635 g/mol. The van der Waals surface area contributed by atoms with Gasteiger partial charge in [0.2, 0.25) is 5.95 Å². The molecule has 0 unspecified atom stereocenters. The number of halogens is 1. The first-order valence-electron chi connectivity index (χ1n) is 15.9. The summed E-state index contributed by atoms with van der Waals surface area (Å²) in [6.45, 7) is 0. The first kappa shape index (κ1) is 28.1. The van der Waals surface area contributed by atoms with E-state index in [-0.39, 0.29) is 0 Å². The van der Waals surface area contributed by atoms with Crippen molar-refractivity contribution in [2.45, 2.75) is 0 Å². The van der Waals surface area contributed by atoms with Gasteiger partial charge in [0.15, 0.2) is 11.6 Å². The Bertz CT molecular complexity index is 2530. The highest BCUT2D eigenvalue weighted by Crippen LogP contribution is 2.36. The van der Waals surface area contributed by atoms with Crippen LogP contribution in [0.5, 0.6) is 0 Å². The third-order valence-electron chi connectivity index (χ3n) is 8.87. The van der Waals surface area contributed by atoms with E-state index >= 15 is 0 Å². The summed E-state index contributed by atoms with van der Waals surface area (Å²) in [6.07, 6.45) is 0. The number of benzene rings is 7. The topological polar surface area (TPSA) is 43.6 Å². The van der Waals surface area contributed by atoms with Crippen molar-refractivity contribution < 1.29 is 0 Å². The lowest BCUT2D eigenvalue weighted by molar-refractivity contribution is 0.954. The second-order valence-corrected chi connectivity index (χ2v) is 12.3. The first-order chi connectivity index (χ1) is 23.7. The lowest BCUT2D eigenvalue weighted by Gasteiger charge is -2.12. The van der Waals surface area contributed by atoms with Crippen LogP contribution in [0.25, 0.3) is 83.6 Å². The molecule has 0 saturated heterocycles. The summed E-state index contributed by atoms with van der Waals surface area (Å²) in [4.78, 5) is 15.5. The van der Waals surface area contributed by atoms with Gasteiger partial charge >= 0.3 is 0 Å². The van der Waals surface area contributed by atoms with Crippen molar-refractivity contribution in [3.8, 4) is 51.0 Å². The highest BCUT2D eigenvalue weighted by atomic mass is 35.5. The maximum atomic E-state index is 6.41. The minimum Gasteiger partial charge on any atom is -0.278 e. The number of rotatable bonds is 5. The van der Waals surface area contributed by atoms with Crippen LogP contribution in [-0.4, -0.2) is 19.5 Å². The van der Waals surface area contributed by atoms with Crippen LogP contribution in [0.1, 0.15) is 0 Å². The lowest BCUT2D eigenvalue weighted by atomic mass is 10.0. The summed E-state index contributed by atoms with van der Waals surface area (Å²) in [5, 5.41) is 5.13. The Kier molecular flexibility index (Phi) is 6.81. The summed E-state index contributed by atoms with van der Waals surface area (Å²) < 4.78 is 2.16. The maximum Gasteiger partial charge on any atom is 0.238 e. The molecule has 2 aromatic heterocycles. The van der Waals surface area contributed by atoms with E-state index < -0.39 is 0 Å². The van der Waals surface area contributed by atoms with Gasteiger partial charge in [-0.1, -0.05) is 133 Å². The van der Waals surface area contributed by atoms with Crippen molar-refractivity contribution in [2.75, 3.05) is 0 Å². The molecule has 0 saturated carbocycles. The van der Waals surface area contributed by atoms with Crippen molar-refractivity contribution in [1.29, 1.82) is 0 Å². The molecule has 0 amide bonds. The molecule has 7 aromatic carbocycles. The van der Waals surface area contributed by atoms with Gasteiger partial charge in [-0.3, -0.25) is 4.57 Å². The second kappa shape index (κ2) is 11.6. The van der Waals surface area contributed by atoms with Crippen LogP contribution in [-0.2, 0) is 0 Å². The van der Waals surface area contributed by atoms with Gasteiger partial charge in [-0.15, -0.1) is 0 Å². The zero-order chi connectivity index (χ0) is 32.0. The SMILES string of the molecule is Clc1ccc2cc3c(cc2c1)c1ccccc1n3-c1nc(-c2cccc(-c3ccccc3)c2)nc(-c2cccc(-c3ccccc3)c2)n1. The molecule has 0 radical (unpaired) electrons. The predicted molar refractivity (Wildman–Crippen MR) is 198 cm³/mol. The van der Waals surface area contributed by atoms with Gasteiger partial charge in [0, 0.05) is 26.9 Å². The molecule has 0 spiro atoms. The summed E-state index contributed by atoms with van der Waals surface area (Å²) >= 11 is 6.41. The van der Waals surface area contributed by atoms with Crippen LogP contribution < -0.4 is 0 Å². The van der Waals surface area contributed by atoms with E-state index in [1.165, 1.54) is 0 Å². The molecule has 0 aliphatic rings. The quantitative estimate of drug-likeness (QED) is 0.189. The lowest BCUT2D eigenvalue weighted by Crippen LogP contribution is -2.06. The van der Waals surface area contributed by atoms with E-state index in [0.717, 1.165) is 66.0 Å². The number of hydrogen-bond donors (Lipinski definition) is 0. The summed E-state index contributed by atoms with van der Waals surface area (Å²) in [5.74, 6) is 1.78. The van der Waals surface area contributed by atoms with Crippen molar-refractivity contribution in [3.63, 3.8) is 0 Å². The normalized spacial score (nSPS) is 11.4. The molecular weight excluding hydrogens is 608 g/mol. The van der Waals surface area contributed by atoms with Gasteiger partial charge in [0.05, 0.1) is 11.0 Å². The fourth-order valence-corrected chi connectivity index (χ4v) is 6.74. The van der Waals surface area contributed by atoms with E-state index in [2.05, 4.69) is 144 Å². The van der Waals surface area contributed by atoms with E-state index in [1.807, 2.05) is 24.3 Å². The van der Waals surface area contributed by atoms with Crippen LogP contribution in [0.15, 0.2) is 164 Å². The maximum absolute atomic E-state index is 6.41. The van der Waals surface area contributed by atoms with Gasteiger partial charge in [-0.25, -0.2) is 4.98 Å². The molecule has 0 atom stereocenters. The Morgan fingerprint density at radius 3 is 1.58 bits per heavy atom. The minimum atomic E-state index is 0.560. The molecule has 0 fully saturated rings. The molecule has 4 nitrogen and oxygen atoms in total. The molecule has 226 valence electrons. The zero-order valence-corrected chi connectivity index (χ0v) is 26.5. The fourth-order valence-electron chi connectivity index (χ4n) is 6.56. The molecule has 0 bridgehead atoms. The van der Waals surface area contributed by atoms with E-state index in [0.29, 0.717) is 22.6 Å². The Morgan fingerprint density at radius 1 is 0.375 bits per heavy atom. The highest BCUT2D eigenvalue weighted by Gasteiger charge is 2.19. The van der Waals surface area contributed by atoms with Gasteiger partial charge in [-0.2, -0.15) is 9.97 Å². The highest BCUT2D eigenvalue weighted by molar-refractivity contribution is 6.31. The minimum absolute atomic E-state index is 0.560. The standard InChI is InChI=1S/C43H27ClN4/c44-36-22-21-32-27-40-38(26-35(32)25-36)37-19-7-8-20-39(37)48(40)43-46-41(33-17-9-15-30(23-33)28-11-3-1-4-12-28)45-42(47-43)34-18-10-16-31(24-34)29-13-5-2-6-14-29/h1-27H. The van der Waals surface area contributed by atoms with Crippen LogP contribution in [0.3, 0.4) is 0 Å². The summed E-state index contributed by atoms with van der Waals surface area (Å²) in [6, 6.07) is 56.4. The second-order valence-electron chi connectivity index (χ2n) is 11.9. The van der Waals surface area contributed by atoms with Crippen molar-refractivity contribution >= 4 is 44.2 Å². The van der Waals surface area contributed by atoms with E-state index in [9.17, 15) is 0 Å². The molecule has 2 heterocycles. The summed E-state index contributed by atoms with van der Waals surface area (Å²) in [7, 11) is 0. The largest absolute Gasteiger partial charge is 0.278 e. The average Bonchev–Trinajstić information content (AvgIpc) is 3.47. The monoisotopic (exact) mass is 634 g/mol. The zero-order valence-electron chi connectivity index (χ0n) is 25.8. The number of hydrogen-bond acceptors (Lipinski definition) is 3. The molecule has 0 N–H and O–H groups in total. The number of fused-ring (bicyclic) bond motifs is 4. The third-order valence-corrected chi connectivity index (χ3v) is 9.11. The fraction of sp³-hybridized carbons (Fsp3) is 0. The molecule has 5 heteroatoms. The molecular formula is C43H27ClN4. The molecule has 9 aromatic rings. The smallest absolute Gasteiger partial charge is 0.238 e. The summed E-state index contributed by atoms with van der Waals surface area (Å²) in [5.41, 5.74) is 8.35. The van der Waals surface area contributed by atoms with Crippen molar-refractivity contribution in [1.82, 2.24) is 19.5 Å². The van der Waals surface area contributed by atoms with Crippen molar-refractivity contribution in [2.24, 2.45) is 0 Å². The molecule has 0 aliphatic heterocycles. The third kappa shape index (κ3) is 5.00. The van der Waals surface area contributed by atoms with Gasteiger partial charge < -0.3 is 0 Å². The Balaban J connectivity index is 1.31. The van der Waals surface area contributed by atoms with Crippen molar-refractivity contribution in [3.05, 3.63) is 169 Å². The van der Waals surface area contributed by atoms with E-state index in [4.69, 9.17) is 26.6 Å². The molecule has 9 rings (SSSR count). The Hall–Kier alpha value is -6.10. The van der Waals surface area contributed by atoms with Crippen LogP contribution >= 0.6 is 11.6 Å². The number of aromatic nitrogens is 4. The van der Waals surface area contributed by atoms with Gasteiger partial charge in [0.1, 0.15) is 0 Å². The Morgan fingerprint density at radius 2 is 0.938 bits per heavy atom. The van der Waals surface area contributed by atoms with E-state index in [1.54, 1.807) is 0 Å². The van der Waals surface area contributed by atoms with Crippen LogP contribution in [0, 0.1) is 0 Å².